The summed E-state index contributed by atoms with van der Waals surface area (Å²) in [5.74, 6) is 0.860. The van der Waals surface area contributed by atoms with Gasteiger partial charge in [0.15, 0.2) is 0 Å². The first-order valence-corrected chi connectivity index (χ1v) is 9.19. The molecule has 1 amide bonds. The predicted octanol–water partition coefficient (Wildman–Crippen LogP) is 5.05. The SMILES string of the molecule is CCCCCCCCCC(=O)NCC(CC)CCBr. The average Bonchev–Trinajstić information content (AvgIpc) is 2.42. The molecule has 0 fully saturated rings. The fourth-order valence-corrected chi connectivity index (χ4v) is 2.84. The monoisotopic (exact) mass is 333 g/mol. The predicted molar refractivity (Wildman–Crippen MR) is 87.8 cm³/mol. The Morgan fingerprint density at radius 3 is 2.26 bits per heavy atom. The zero-order chi connectivity index (χ0) is 14.3. The molecule has 0 rings (SSSR count). The molecule has 0 heterocycles. The van der Waals surface area contributed by atoms with Gasteiger partial charge in [-0.05, 0) is 18.8 Å². The van der Waals surface area contributed by atoms with Crippen LogP contribution in [-0.4, -0.2) is 17.8 Å². The highest BCUT2D eigenvalue weighted by molar-refractivity contribution is 9.09. The number of carbonyl (C=O) groups is 1. The summed E-state index contributed by atoms with van der Waals surface area (Å²) in [6.45, 7) is 5.27. The lowest BCUT2D eigenvalue weighted by atomic mass is 10.0. The van der Waals surface area contributed by atoms with Gasteiger partial charge in [-0.1, -0.05) is 74.7 Å². The first kappa shape index (κ1) is 18.9. The molecule has 3 heteroatoms. The lowest BCUT2D eigenvalue weighted by molar-refractivity contribution is -0.121. The molecule has 0 aromatic rings. The summed E-state index contributed by atoms with van der Waals surface area (Å²) in [6.07, 6.45) is 11.9. The summed E-state index contributed by atoms with van der Waals surface area (Å²) < 4.78 is 0. The summed E-state index contributed by atoms with van der Waals surface area (Å²) in [4.78, 5) is 11.7. The van der Waals surface area contributed by atoms with Crippen LogP contribution in [0.25, 0.3) is 0 Å². The van der Waals surface area contributed by atoms with Crippen LogP contribution in [0.5, 0.6) is 0 Å². The molecule has 1 N–H and O–H groups in total. The second-order valence-corrected chi connectivity index (χ2v) is 6.22. The number of unbranched alkanes of at least 4 members (excludes halogenated alkanes) is 6. The number of alkyl halides is 1. The normalized spacial score (nSPS) is 12.4. The van der Waals surface area contributed by atoms with Gasteiger partial charge in [0.05, 0.1) is 0 Å². The molecule has 0 radical (unpaired) electrons. The van der Waals surface area contributed by atoms with E-state index in [-0.39, 0.29) is 5.91 Å². The van der Waals surface area contributed by atoms with Crippen LogP contribution in [0.2, 0.25) is 0 Å². The molecule has 2 nitrogen and oxygen atoms in total. The van der Waals surface area contributed by atoms with E-state index in [0.29, 0.717) is 12.3 Å². The molecule has 0 aliphatic rings. The Morgan fingerprint density at radius 1 is 1.05 bits per heavy atom. The third-order valence-corrected chi connectivity index (χ3v) is 4.15. The maximum Gasteiger partial charge on any atom is 0.220 e. The fraction of sp³-hybridized carbons (Fsp3) is 0.938. The summed E-state index contributed by atoms with van der Waals surface area (Å²) in [5.41, 5.74) is 0. The Balaban J connectivity index is 3.38. The molecule has 0 saturated heterocycles. The number of carbonyl (C=O) groups excluding carboxylic acids is 1. The molecule has 0 bridgehead atoms. The zero-order valence-corrected chi connectivity index (χ0v) is 14.4. The van der Waals surface area contributed by atoms with Gasteiger partial charge in [-0.25, -0.2) is 0 Å². The first-order chi connectivity index (χ1) is 9.24. The minimum Gasteiger partial charge on any atom is -0.356 e. The van der Waals surface area contributed by atoms with Crippen LogP contribution in [-0.2, 0) is 4.79 Å². The molecule has 19 heavy (non-hydrogen) atoms. The zero-order valence-electron chi connectivity index (χ0n) is 12.8. The Bertz CT molecular complexity index is 209. The van der Waals surface area contributed by atoms with E-state index in [1.54, 1.807) is 0 Å². The smallest absolute Gasteiger partial charge is 0.220 e. The van der Waals surface area contributed by atoms with Gasteiger partial charge < -0.3 is 5.32 Å². The van der Waals surface area contributed by atoms with E-state index in [4.69, 9.17) is 0 Å². The van der Waals surface area contributed by atoms with Gasteiger partial charge >= 0.3 is 0 Å². The van der Waals surface area contributed by atoms with Crippen molar-refractivity contribution in [3.8, 4) is 0 Å². The van der Waals surface area contributed by atoms with E-state index in [0.717, 1.165) is 31.1 Å². The van der Waals surface area contributed by atoms with Gasteiger partial charge in [0.25, 0.3) is 0 Å². The second kappa shape index (κ2) is 14.4. The third-order valence-electron chi connectivity index (χ3n) is 3.69. The molecule has 0 saturated carbocycles. The third kappa shape index (κ3) is 12.7. The summed E-state index contributed by atoms with van der Waals surface area (Å²) >= 11 is 3.46. The van der Waals surface area contributed by atoms with E-state index in [1.165, 1.54) is 38.5 Å². The molecule has 114 valence electrons. The van der Waals surface area contributed by atoms with E-state index in [1.807, 2.05) is 0 Å². The molecule has 0 aliphatic heterocycles. The van der Waals surface area contributed by atoms with Crippen molar-refractivity contribution in [2.24, 2.45) is 5.92 Å². The van der Waals surface area contributed by atoms with Crippen LogP contribution in [0.4, 0.5) is 0 Å². The maximum absolute atomic E-state index is 11.7. The van der Waals surface area contributed by atoms with E-state index in [9.17, 15) is 4.79 Å². The highest BCUT2D eigenvalue weighted by Crippen LogP contribution is 2.10. The molecule has 0 aliphatic carbocycles. The van der Waals surface area contributed by atoms with Crippen LogP contribution in [0.15, 0.2) is 0 Å². The number of hydrogen-bond donors (Lipinski definition) is 1. The summed E-state index contributed by atoms with van der Waals surface area (Å²) in [5, 5.41) is 4.10. The molecule has 0 spiro atoms. The molecule has 1 atom stereocenters. The van der Waals surface area contributed by atoms with Crippen LogP contribution in [0.3, 0.4) is 0 Å². The van der Waals surface area contributed by atoms with Crippen molar-refractivity contribution in [2.45, 2.75) is 78.1 Å². The van der Waals surface area contributed by atoms with Gasteiger partial charge in [-0.3, -0.25) is 4.79 Å². The lowest BCUT2D eigenvalue weighted by Crippen LogP contribution is -2.29. The van der Waals surface area contributed by atoms with Gasteiger partial charge in [-0.2, -0.15) is 0 Å². The Labute approximate surface area is 128 Å². The number of nitrogens with one attached hydrogen (secondary N) is 1. The number of rotatable bonds is 13. The molecule has 1 unspecified atom stereocenters. The average molecular weight is 334 g/mol. The van der Waals surface area contributed by atoms with Crippen molar-refractivity contribution in [2.75, 3.05) is 11.9 Å². The Kier molecular flexibility index (Phi) is 14.3. The maximum atomic E-state index is 11.7. The van der Waals surface area contributed by atoms with E-state index >= 15 is 0 Å². The van der Waals surface area contributed by atoms with Crippen molar-refractivity contribution < 1.29 is 4.79 Å². The number of halogens is 1. The fourth-order valence-electron chi connectivity index (χ4n) is 2.19. The van der Waals surface area contributed by atoms with Crippen LogP contribution in [0.1, 0.15) is 78.1 Å². The minimum absolute atomic E-state index is 0.238. The topological polar surface area (TPSA) is 29.1 Å². The minimum atomic E-state index is 0.238. The quantitative estimate of drug-likeness (QED) is 0.370. The number of amides is 1. The summed E-state index contributed by atoms with van der Waals surface area (Å²) in [6, 6.07) is 0. The number of hydrogen-bond acceptors (Lipinski definition) is 1. The van der Waals surface area contributed by atoms with Gasteiger partial charge in [-0.15, -0.1) is 0 Å². The lowest BCUT2D eigenvalue weighted by Gasteiger charge is -2.14. The van der Waals surface area contributed by atoms with Crippen LogP contribution in [0, 0.1) is 5.92 Å². The second-order valence-electron chi connectivity index (χ2n) is 5.43. The van der Waals surface area contributed by atoms with Crippen molar-refractivity contribution in [1.29, 1.82) is 0 Å². The van der Waals surface area contributed by atoms with Gasteiger partial charge in [0.2, 0.25) is 5.91 Å². The van der Waals surface area contributed by atoms with E-state index in [2.05, 4.69) is 35.1 Å². The molecular formula is C16H32BrNO. The van der Waals surface area contributed by atoms with Crippen molar-refractivity contribution in [1.82, 2.24) is 5.32 Å². The van der Waals surface area contributed by atoms with Crippen LogP contribution >= 0.6 is 15.9 Å². The largest absolute Gasteiger partial charge is 0.356 e. The Morgan fingerprint density at radius 2 is 1.68 bits per heavy atom. The first-order valence-electron chi connectivity index (χ1n) is 8.07. The van der Waals surface area contributed by atoms with Crippen LogP contribution < -0.4 is 5.32 Å². The standard InChI is InChI=1S/C16H32BrNO/c1-3-5-6-7-8-9-10-11-16(19)18-14-15(4-2)12-13-17/h15H,3-14H2,1-2H3,(H,18,19). The van der Waals surface area contributed by atoms with Gasteiger partial charge in [0, 0.05) is 18.3 Å². The highest BCUT2D eigenvalue weighted by atomic mass is 79.9. The molecule has 0 aromatic heterocycles. The molecule has 0 aromatic carbocycles. The van der Waals surface area contributed by atoms with E-state index < -0.39 is 0 Å². The van der Waals surface area contributed by atoms with Crippen molar-refractivity contribution in [3.63, 3.8) is 0 Å². The summed E-state index contributed by atoms with van der Waals surface area (Å²) in [7, 11) is 0. The highest BCUT2D eigenvalue weighted by Gasteiger charge is 2.07. The molecular weight excluding hydrogens is 302 g/mol. The van der Waals surface area contributed by atoms with Crippen molar-refractivity contribution >= 4 is 21.8 Å². The van der Waals surface area contributed by atoms with Crippen molar-refractivity contribution in [3.05, 3.63) is 0 Å². The Hall–Kier alpha value is -0.0500. The van der Waals surface area contributed by atoms with Gasteiger partial charge in [0.1, 0.15) is 0 Å².